The minimum absolute atomic E-state index is 0.104. The number of carbonyl (C=O) groups is 3. The van der Waals surface area contributed by atoms with E-state index in [9.17, 15) is 14.4 Å². The summed E-state index contributed by atoms with van der Waals surface area (Å²) in [7, 11) is 0. The van der Waals surface area contributed by atoms with E-state index in [1.54, 1.807) is 67.0 Å². The minimum Gasteiger partial charge on any atom is -0.325 e. The molecular weight excluding hydrogens is 564 g/mol. The summed E-state index contributed by atoms with van der Waals surface area (Å²) in [6.45, 7) is 0. The molecule has 7 nitrogen and oxygen atoms in total. The molecule has 3 N–H and O–H groups in total. The first-order valence-corrected chi connectivity index (χ1v) is 13.3. The largest absolute Gasteiger partial charge is 0.325 e. The van der Waals surface area contributed by atoms with E-state index in [1.807, 2.05) is 42.5 Å². The number of hydrogen-bond acceptors (Lipinski definition) is 5. The summed E-state index contributed by atoms with van der Waals surface area (Å²) in [6, 6.07) is 26.7. The van der Waals surface area contributed by atoms with Crippen LogP contribution in [0.25, 0.3) is 6.08 Å². The van der Waals surface area contributed by atoms with Crippen molar-refractivity contribution < 1.29 is 14.4 Å². The summed E-state index contributed by atoms with van der Waals surface area (Å²) in [4.78, 5) is 42.9. The molecule has 0 fully saturated rings. The third-order valence-corrected chi connectivity index (χ3v) is 6.70. The molecule has 0 bridgehead atoms. The maximum absolute atomic E-state index is 13.2. The standard InChI is InChI=1S/C29H23BrN4O3S/c30-22-8-6-20(7-9-22)18-26(34-28(36)21-4-2-1-3-5-21)29(37)33-23-10-12-25(13-11-23)38-19-27(35)32-24-14-16-31-17-15-24/h1-18H,19H2,(H,33,37)(H,34,36)(H,31,32,35)/b26-18-. The van der Waals surface area contributed by atoms with Crippen molar-refractivity contribution in [1.82, 2.24) is 10.3 Å². The molecule has 1 aromatic heterocycles. The Morgan fingerprint density at radius 2 is 1.45 bits per heavy atom. The summed E-state index contributed by atoms with van der Waals surface area (Å²) in [6.07, 6.45) is 4.85. The number of thioether (sulfide) groups is 1. The number of carbonyl (C=O) groups excluding carboxylic acids is 3. The molecule has 0 saturated carbocycles. The van der Waals surface area contributed by atoms with E-state index in [-0.39, 0.29) is 23.3 Å². The molecule has 38 heavy (non-hydrogen) atoms. The predicted octanol–water partition coefficient (Wildman–Crippen LogP) is 5.98. The molecule has 4 aromatic rings. The fourth-order valence-electron chi connectivity index (χ4n) is 3.28. The number of pyridine rings is 1. The second-order valence-corrected chi connectivity index (χ2v) is 9.95. The van der Waals surface area contributed by atoms with Crippen LogP contribution in [0.2, 0.25) is 0 Å². The van der Waals surface area contributed by atoms with Gasteiger partial charge in [0.05, 0.1) is 5.75 Å². The number of amides is 3. The first kappa shape index (κ1) is 26.8. The van der Waals surface area contributed by atoms with Crippen molar-refractivity contribution in [3.05, 3.63) is 125 Å². The van der Waals surface area contributed by atoms with Crippen LogP contribution in [-0.2, 0) is 9.59 Å². The van der Waals surface area contributed by atoms with Crippen molar-refractivity contribution in [2.45, 2.75) is 4.90 Å². The summed E-state index contributed by atoms with van der Waals surface area (Å²) in [5, 5.41) is 8.37. The number of halogens is 1. The Hall–Kier alpha value is -4.21. The van der Waals surface area contributed by atoms with Crippen LogP contribution >= 0.6 is 27.7 Å². The van der Waals surface area contributed by atoms with Crippen molar-refractivity contribution in [2.24, 2.45) is 0 Å². The Bertz CT molecular complexity index is 1430. The second-order valence-electron chi connectivity index (χ2n) is 7.98. The number of nitrogens with one attached hydrogen (secondary N) is 3. The molecule has 190 valence electrons. The van der Waals surface area contributed by atoms with E-state index in [1.165, 1.54) is 11.8 Å². The highest BCUT2D eigenvalue weighted by atomic mass is 79.9. The number of nitrogens with zero attached hydrogens (tertiary/aromatic N) is 1. The molecule has 1 heterocycles. The van der Waals surface area contributed by atoms with Gasteiger partial charge >= 0.3 is 0 Å². The van der Waals surface area contributed by atoms with E-state index in [0.717, 1.165) is 14.9 Å². The Labute approximate surface area is 232 Å². The predicted molar refractivity (Wildman–Crippen MR) is 155 cm³/mol. The van der Waals surface area contributed by atoms with E-state index in [0.29, 0.717) is 16.9 Å². The normalized spacial score (nSPS) is 10.9. The van der Waals surface area contributed by atoms with Gasteiger partial charge in [0.25, 0.3) is 11.8 Å². The fourth-order valence-corrected chi connectivity index (χ4v) is 4.24. The fraction of sp³-hybridized carbons (Fsp3) is 0.0345. The molecule has 3 amide bonds. The van der Waals surface area contributed by atoms with Crippen LogP contribution in [0.1, 0.15) is 15.9 Å². The highest BCUT2D eigenvalue weighted by Gasteiger charge is 2.15. The molecular formula is C29H23BrN4O3S. The zero-order chi connectivity index (χ0) is 26.7. The summed E-state index contributed by atoms with van der Waals surface area (Å²) < 4.78 is 0.904. The van der Waals surface area contributed by atoms with Crippen LogP contribution in [0.3, 0.4) is 0 Å². The molecule has 0 atom stereocenters. The second kappa shape index (κ2) is 13.4. The van der Waals surface area contributed by atoms with Gasteiger partial charge in [-0.25, -0.2) is 0 Å². The van der Waals surface area contributed by atoms with Crippen LogP contribution in [0.5, 0.6) is 0 Å². The lowest BCUT2D eigenvalue weighted by molar-refractivity contribution is -0.114. The van der Waals surface area contributed by atoms with Gasteiger partial charge in [0, 0.05) is 38.7 Å². The number of rotatable bonds is 9. The Balaban J connectivity index is 1.40. The minimum atomic E-state index is -0.464. The molecule has 0 aliphatic rings. The zero-order valence-electron chi connectivity index (χ0n) is 20.1. The number of hydrogen-bond donors (Lipinski definition) is 3. The van der Waals surface area contributed by atoms with Crippen molar-refractivity contribution in [3.8, 4) is 0 Å². The lowest BCUT2D eigenvalue weighted by Crippen LogP contribution is -2.30. The number of aromatic nitrogens is 1. The SMILES string of the molecule is O=C(CSc1ccc(NC(=O)/C(=C/c2ccc(Br)cc2)NC(=O)c2ccccc2)cc1)Nc1ccncc1. The van der Waals surface area contributed by atoms with E-state index in [2.05, 4.69) is 36.9 Å². The van der Waals surface area contributed by atoms with E-state index >= 15 is 0 Å². The van der Waals surface area contributed by atoms with Crippen molar-refractivity contribution in [2.75, 3.05) is 16.4 Å². The highest BCUT2D eigenvalue weighted by molar-refractivity contribution is 9.10. The smallest absolute Gasteiger partial charge is 0.272 e. The highest BCUT2D eigenvalue weighted by Crippen LogP contribution is 2.21. The van der Waals surface area contributed by atoms with Gasteiger partial charge in [0.15, 0.2) is 0 Å². The van der Waals surface area contributed by atoms with Gasteiger partial charge in [0.1, 0.15) is 5.70 Å². The van der Waals surface area contributed by atoms with Crippen LogP contribution in [-0.4, -0.2) is 28.5 Å². The number of anilines is 2. The number of benzene rings is 3. The molecule has 3 aromatic carbocycles. The molecule has 0 aliphatic carbocycles. The van der Waals surface area contributed by atoms with Gasteiger partial charge < -0.3 is 16.0 Å². The first-order valence-electron chi connectivity index (χ1n) is 11.5. The Kier molecular flexibility index (Phi) is 9.44. The monoisotopic (exact) mass is 586 g/mol. The average Bonchev–Trinajstić information content (AvgIpc) is 2.94. The average molecular weight is 587 g/mol. The van der Waals surface area contributed by atoms with Crippen LogP contribution in [0.4, 0.5) is 11.4 Å². The molecule has 0 aliphatic heterocycles. The lowest BCUT2D eigenvalue weighted by Gasteiger charge is -2.12. The molecule has 0 saturated heterocycles. The Morgan fingerprint density at radius 1 is 0.789 bits per heavy atom. The molecule has 0 spiro atoms. The third-order valence-electron chi connectivity index (χ3n) is 5.16. The van der Waals surface area contributed by atoms with Crippen LogP contribution in [0, 0.1) is 0 Å². The lowest BCUT2D eigenvalue weighted by atomic mass is 10.1. The summed E-state index contributed by atoms with van der Waals surface area (Å²) in [5.74, 6) is -0.745. The molecule has 9 heteroatoms. The molecule has 4 rings (SSSR count). The van der Waals surface area contributed by atoms with Gasteiger partial charge in [-0.1, -0.05) is 46.3 Å². The van der Waals surface area contributed by atoms with Gasteiger partial charge in [-0.2, -0.15) is 0 Å². The summed E-state index contributed by atoms with van der Waals surface area (Å²) in [5.41, 5.74) is 2.54. The van der Waals surface area contributed by atoms with E-state index in [4.69, 9.17) is 0 Å². The summed E-state index contributed by atoms with van der Waals surface area (Å²) >= 11 is 4.78. The maximum Gasteiger partial charge on any atom is 0.272 e. The van der Waals surface area contributed by atoms with Crippen molar-refractivity contribution in [1.29, 1.82) is 0 Å². The third kappa shape index (κ3) is 8.16. The van der Waals surface area contributed by atoms with Crippen molar-refractivity contribution in [3.63, 3.8) is 0 Å². The zero-order valence-corrected chi connectivity index (χ0v) is 22.5. The molecule has 0 unspecified atom stereocenters. The van der Waals surface area contributed by atoms with Crippen molar-refractivity contribution >= 4 is 62.9 Å². The van der Waals surface area contributed by atoms with Gasteiger partial charge in [-0.05, 0) is 72.3 Å². The maximum atomic E-state index is 13.2. The van der Waals surface area contributed by atoms with Gasteiger partial charge in [-0.15, -0.1) is 11.8 Å². The van der Waals surface area contributed by atoms with Crippen LogP contribution < -0.4 is 16.0 Å². The quantitative estimate of drug-likeness (QED) is 0.165. The van der Waals surface area contributed by atoms with Gasteiger partial charge in [0.2, 0.25) is 5.91 Å². The van der Waals surface area contributed by atoms with Crippen LogP contribution in [0.15, 0.2) is 118 Å². The Morgan fingerprint density at radius 3 is 2.13 bits per heavy atom. The first-order chi connectivity index (χ1) is 18.5. The van der Waals surface area contributed by atoms with E-state index < -0.39 is 5.91 Å². The topological polar surface area (TPSA) is 100 Å². The molecule has 0 radical (unpaired) electrons. The van der Waals surface area contributed by atoms with Gasteiger partial charge in [-0.3, -0.25) is 19.4 Å².